The number of amides is 2. The first-order valence-electron chi connectivity index (χ1n) is 11.8. The van der Waals surface area contributed by atoms with Crippen LogP contribution in [0, 0.1) is 23.2 Å². The Kier molecular flexibility index (Phi) is 6.82. The third kappa shape index (κ3) is 4.66. The summed E-state index contributed by atoms with van der Waals surface area (Å²) in [6.07, 6.45) is 2.94. The van der Waals surface area contributed by atoms with Crippen molar-refractivity contribution in [3.8, 4) is 0 Å². The molecule has 1 aromatic carbocycles. The van der Waals surface area contributed by atoms with E-state index < -0.39 is 13.0 Å². The van der Waals surface area contributed by atoms with Crippen LogP contribution < -0.4 is 10.6 Å². The van der Waals surface area contributed by atoms with E-state index in [0.717, 1.165) is 6.42 Å². The van der Waals surface area contributed by atoms with E-state index in [0.29, 0.717) is 29.2 Å². The first-order chi connectivity index (χ1) is 15.4. The lowest BCUT2D eigenvalue weighted by molar-refractivity contribution is -0.199. The molecule has 1 aliphatic heterocycles. The molecule has 0 radical (unpaired) electrons. The van der Waals surface area contributed by atoms with Gasteiger partial charge in [0.15, 0.2) is 0 Å². The maximum absolute atomic E-state index is 12.8. The molecule has 3 aliphatic carbocycles. The summed E-state index contributed by atoms with van der Waals surface area (Å²) in [6, 6.07) is 4.64. The van der Waals surface area contributed by atoms with E-state index in [4.69, 9.17) is 32.5 Å². The van der Waals surface area contributed by atoms with E-state index in [1.807, 2.05) is 0 Å². The second-order valence-corrected chi connectivity index (χ2v) is 11.8. The Morgan fingerprint density at radius 2 is 1.94 bits per heavy atom. The molecule has 9 heteroatoms. The third-order valence-electron chi connectivity index (χ3n) is 7.95. The number of carbonyl (C=O) groups is 2. The van der Waals surface area contributed by atoms with Crippen molar-refractivity contribution in [3.63, 3.8) is 0 Å². The van der Waals surface area contributed by atoms with Gasteiger partial charge in [0, 0.05) is 5.02 Å². The monoisotopic (exact) mass is 494 g/mol. The highest BCUT2D eigenvalue weighted by Gasteiger charge is 2.68. The van der Waals surface area contributed by atoms with Gasteiger partial charge in [-0.25, -0.2) is 0 Å². The number of hydrogen-bond donors (Lipinski definition) is 2. The van der Waals surface area contributed by atoms with Crippen LogP contribution in [0.3, 0.4) is 0 Å². The summed E-state index contributed by atoms with van der Waals surface area (Å²) in [7, 11) is -0.500. The standard InChI is InChI=1S/C24H33BCl2N2O4/c1-13(2)8-20(25-32-19-10-14-9-18(23(14,3)4)24(19,5)33-25)29-21(30)12-28-22(31)16-11-15(26)6-7-17(16)27/h6-7,11,13-14,18-20H,8-10,12H2,1-5H3,(H,28,31)(H,29,30)/t14?,18?,19?,20-,24?/m0/s1. The van der Waals surface area contributed by atoms with E-state index >= 15 is 0 Å². The van der Waals surface area contributed by atoms with Crippen LogP contribution in [-0.4, -0.2) is 43.1 Å². The van der Waals surface area contributed by atoms with Crippen molar-refractivity contribution in [1.82, 2.24) is 10.6 Å². The minimum Gasteiger partial charge on any atom is -0.404 e. The molecule has 180 valence electrons. The summed E-state index contributed by atoms with van der Waals surface area (Å²) in [5, 5.41) is 6.34. The zero-order valence-corrected chi connectivity index (χ0v) is 21.4. The average molecular weight is 495 g/mol. The lowest BCUT2D eigenvalue weighted by Crippen LogP contribution is -2.65. The lowest BCUT2D eigenvalue weighted by Gasteiger charge is -2.64. The van der Waals surface area contributed by atoms with Crippen LogP contribution in [0.1, 0.15) is 64.2 Å². The molecule has 4 fully saturated rings. The van der Waals surface area contributed by atoms with Crippen LogP contribution in [0.2, 0.25) is 10.0 Å². The van der Waals surface area contributed by atoms with Gasteiger partial charge in [0.2, 0.25) is 5.91 Å². The van der Waals surface area contributed by atoms with Crippen molar-refractivity contribution >= 4 is 42.1 Å². The van der Waals surface area contributed by atoms with Crippen molar-refractivity contribution in [2.45, 2.75) is 71.5 Å². The number of carbonyl (C=O) groups excluding carboxylic acids is 2. The molecule has 1 aromatic rings. The van der Waals surface area contributed by atoms with Crippen molar-refractivity contribution in [2.75, 3.05) is 6.54 Å². The zero-order valence-electron chi connectivity index (χ0n) is 19.9. The van der Waals surface area contributed by atoms with Gasteiger partial charge in [0.25, 0.3) is 5.91 Å². The van der Waals surface area contributed by atoms with Gasteiger partial charge in [-0.15, -0.1) is 0 Å². The Balaban J connectivity index is 1.39. The van der Waals surface area contributed by atoms with Gasteiger partial charge in [0.05, 0.1) is 34.8 Å². The first-order valence-corrected chi connectivity index (χ1v) is 12.5. The summed E-state index contributed by atoms with van der Waals surface area (Å²) in [4.78, 5) is 25.2. The lowest BCUT2D eigenvalue weighted by atomic mass is 9.43. The highest BCUT2D eigenvalue weighted by atomic mass is 35.5. The summed E-state index contributed by atoms with van der Waals surface area (Å²) in [5.74, 6) is 0.399. The van der Waals surface area contributed by atoms with Crippen LogP contribution in [0.5, 0.6) is 0 Å². The fraction of sp³-hybridized carbons (Fsp3) is 0.667. The molecule has 5 rings (SSSR count). The fourth-order valence-electron chi connectivity index (χ4n) is 6.00. The average Bonchev–Trinajstić information content (AvgIpc) is 3.10. The number of rotatable bonds is 7. The molecular formula is C24H33BCl2N2O4. The van der Waals surface area contributed by atoms with E-state index in [1.54, 1.807) is 12.1 Å². The predicted molar refractivity (Wildman–Crippen MR) is 130 cm³/mol. The highest BCUT2D eigenvalue weighted by Crippen LogP contribution is 2.65. The Hall–Kier alpha value is -1.28. The van der Waals surface area contributed by atoms with Gasteiger partial charge in [-0.1, -0.05) is 50.9 Å². The summed E-state index contributed by atoms with van der Waals surface area (Å²) >= 11 is 12.1. The van der Waals surface area contributed by atoms with E-state index in [-0.39, 0.29) is 46.1 Å². The Bertz CT molecular complexity index is 943. The van der Waals surface area contributed by atoms with Gasteiger partial charge >= 0.3 is 7.12 Å². The topological polar surface area (TPSA) is 76.7 Å². The smallest absolute Gasteiger partial charge is 0.404 e. The van der Waals surface area contributed by atoms with Crippen LogP contribution in [-0.2, 0) is 14.1 Å². The SMILES string of the molecule is CC(C)C[C@H](NC(=O)CNC(=O)c1cc(Cl)ccc1Cl)B1OC2CC3CC(C3(C)C)C2(C)O1. The number of halogens is 2. The van der Waals surface area contributed by atoms with Crippen LogP contribution >= 0.6 is 23.2 Å². The van der Waals surface area contributed by atoms with Crippen molar-refractivity contribution in [3.05, 3.63) is 33.8 Å². The van der Waals surface area contributed by atoms with Crippen LogP contribution in [0.4, 0.5) is 0 Å². The first kappa shape index (κ1) is 24.8. The fourth-order valence-corrected chi connectivity index (χ4v) is 6.38. The maximum atomic E-state index is 12.8. The molecule has 3 saturated carbocycles. The summed E-state index contributed by atoms with van der Waals surface area (Å²) < 4.78 is 13.0. The molecule has 0 spiro atoms. The number of hydrogen-bond acceptors (Lipinski definition) is 4. The van der Waals surface area contributed by atoms with Crippen molar-refractivity contribution in [2.24, 2.45) is 23.2 Å². The predicted octanol–water partition coefficient (Wildman–Crippen LogP) is 4.52. The maximum Gasteiger partial charge on any atom is 0.481 e. The van der Waals surface area contributed by atoms with Crippen LogP contribution in [0.25, 0.3) is 0 Å². The Morgan fingerprint density at radius 1 is 1.21 bits per heavy atom. The molecule has 4 unspecified atom stereocenters. The van der Waals surface area contributed by atoms with E-state index in [1.165, 1.54) is 12.5 Å². The highest BCUT2D eigenvalue weighted by molar-refractivity contribution is 6.48. The van der Waals surface area contributed by atoms with Gasteiger partial charge in [-0.05, 0) is 67.6 Å². The molecule has 33 heavy (non-hydrogen) atoms. The summed E-state index contributed by atoms with van der Waals surface area (Å²) in [5.41, 5.74) is 0.156. The van der Waals surface area contributed by atoms with Crippen molar-refractivity contribution < 1.29 is 18.9 Å². The third-order valence-corrected chi connectivity index (χ3v) is 8.52. The molecule has 2 N–H and O–H groups in total. The normalized spacial score (nSPS) is 30.4. The molecule has 2 bridgehead atoms. The Labute approximate surface area is 206 Å². The van der Waals surface area contributed by atoms with Crippen molar-refractivity contribution in [1.29, 1.82) is 0 Å². The number of nitrogens with one attached hydrogen (secondary N) is 2. The molecule has 0 aromatic heterocycles. The van der Waals surface area contributed by atoms with Gasteiger partial charge < -0.3 is 19.9 Å². The molecule has 1 heterocycles. The second kappa shape index (κ2) is 9.06. The van der Waals surface area contributed by atoms with Gasteiger partial charge in [0.1, 0.15) is 0 Å². The molecule has 5 atom stereocenters. The molecule has 4 aliphatic rings. The molecule has 6 nitrogen and oxygen atoms in total. The molecule has 1 saturated heterocycles. The largest absolute Gasteiger partial charge is 0.481 e. The van der Waals surface area contributed by atoms with Crippen LogP contribution in [0.15, 0.2) is 18.2 Å². The summed E-state index contributed by atoms with van der Waals surface area (Å²) in [6.45, 7) is 10.8. The van der Waals surface area contributed by atoms with Gasteiger partial charge in [-0.2, -0.15) is 0 Å². The van der Waals surface area contributed by atoms with E-state index in [2.05, 4.69) is 45.3 Å². The van der Waals surface area contributed by atoms with E-state index in [9.17, 15) is 9.59 Å². The number of benzene rings is 1. The molecule has 2 amide bonds. The second-order valence-electron chi connectivity index (χ2n) is 10.9. The Morgan fingerprint density at radius 3 is 2.61 bits per heavy atom. The minimum atomic E-state index is -0.500. The quantitative estimate of drug-likeness (QED) is 0.546. The minimum absolute atomic E-state index is 0.0514. The zero-order chi connectivity index (χ0) is 24.1. The van der Waals surface area contributed by atoms with Gasteiger partial charge in [-0.3, -0.25) is 9.59 Å². The molecular weight excluding hydrogens is 462 g/mol.